The van der Waals surface area contributed by atoms with Crippen molar-refractivity contribution in [1.82, 2.24) is 0 Å². The van der Waals surface area contributed by atoms with Crippen LogP contribution in [0.4, 0.5) is 0 Å². The van der Waals surface area contributed by atoms with E-state index >= 15 is 0 Å². The number of hydrogen-bond acceptors (Lipinski definition) is 3. The van der Waals surface area contributed by atoms with Crippen molar-refractivity contribution in [2.45, 2.75) is 46.0 Å². The van der Waals surface area contributed by atoms with E-state index in [0.29, 0.717) is 17.9 Å². The number of carbonyl (C=O) groups is 1. The highest BCUT2D eigenvalue weighted by molar-refractivity contribution is 5.91. The quantitative estimate of drug-likeness (QED) is 0.350. The van der Waals surface area contributed by atoms with Crippen LogP contribution in [0.25, 0.3) is 0 Å². The summed E-state index contributed by atoms with van der Waals surface area (Å²) in [5.41, 5.74) is 1.84. The molecule has 3 heteroatoms. The molecule has 0 atom stereocenters. The number of unbranched alkanes of at least 4 members (excludes halogenated alkanes) is 3. The first-order valence-corrected chi connectivity index (χ1v) is 8.77. The molecule has 0 aliphatic carbocycles. The summed E-state index contributed by atoms with van der Waals surface area (Å²) in [6.07, 6.45) is 6.05. The van der Waals surface area contributed by atoms with Gasteiger partial charge in [-0.2, -0.15) is 0 Å². The van der Waals surface area contributed by atoms with Crippen molar-refractivity contribution in [1.29, 1.82) is 0 Å². The molecule has 0 aromatic heterocycles. The fourth-order valence-corrected chi connectivity index (χ4v) is 2.50. The third kappa shape index (κ3) is 5.73. The first kappa shape index (κ1) is 18.1. The molecule has 24 heavy (non-hydrogen) atoms. The topological polar surface area (TPSA) is 35.5 Å². The van der Waals surface area contributed by atoms with Crippen LogP contribution in [0.15, 0.2) is 48.5 Å². The van der Waals surface area contributed by atoms with Crippen LogP contribution in [0.1, 0.15) is 55.5 Å². The maximum absolute atomic E-state index is 12.2. The van der Waals surface area contributed by atoms with Gasteiger partial charge in [-0.3, -0.25) is 0 Å². The van der Waals surface area contributed by atoms with Gasteiger partial charge in [0.1, 0.15) is 11.5 Å². The fourth-order valence-electron chi connectivity index (χ4n) is 2.50. The van der Waals surface area contributed by atoms with Gasteiger partial charge in [-0.25, -0.2) is 4.79 Å². The normalized spacial score (nSPS) is 10.4. The van der Waals surface area contributed by atoms with Crippen molar-refractivity contribution in [3.8, 4) is 11.5 Å². The van der Waals surface area contributed by atoms with Crippen LogP contribution in [0.5, 0.6) is 11.5 Å². The average Bonchev–Trinajstić information content (AvgIpc) is 2.61. The van der Waals surface area contributed by atoms with E-state index in [0.717, 1.165) is 12.2 Å². The highest BCUT2D eigenvalue weighted by Crippen LogP contribution is 2.19. The molecule has 0 aliphatic rings. The first-order valence-electron chi connectivity index (χ1n) is 8.77. The lowest BCUT2D eigenvalue weighted by atomic mass is 10.0. The molecule has 0 radical (unpaired) electrons. The molecule has 0 fully saturated rings. The van der Waals surface area contributed by atoms with E-state index in [1.54, 1.807) is 24.3 Å². The maximum Gasteiger partial charge on any atom is 0.343 e. The van der Waals surface area contributed by atoms with Crippen molar-refractivity contribution in [2.24, 2.45) is 0 Å². The van der Waals surface area contributed by atoms with Gasteiger partial charge in [0.2, 0.25) is 0 Å². The lowest BCUT2D eigenvalue weighted by Gasteiger charge is -2.07. The number of aryl methyl sites for hydroxylation is 1. The third-order valence-corrected chi connectivity index (χ3v) is 3.85. The molecule has 128 valence electrons. The molecule has 2 rings (SSSR count). The fraction of sp³-hybridized carbons (Fsp3) is 0.381. The SMILES string of the molecule is CCCCCCc1ccc(C(=O)Oc2ccc(OCC)cc2)cc1. The monoisotopic (exact) mass is 326 g/mol. The Morgan fingerprint density at radius 1 is 0.833 bits per heavy atom. The molecule has 0 N–H and O–H groups in total. The van der Waals surface area contributed by atoms with Gasteiger partial charge in [-0.05, 0) is 61.7 Å². The van der Waals surface area contributed by atoms with Crippen molar-refractivity contribution in [2.75, 3.05) is 6.61 Å². The van der Waals surface area contributed by atoms with E-state index in [4.69, 9.17) is 9.47 Å². The molecule has 2 aromatic carbocycles. The van der Waals surface area contributed by atoms with Crippen LogP contribution in [0, 0.1) is 0 Å². The zero-order valence-corrected chi connectivity index (χ0v) is 14.6. The van der Waals surface area contributed by atoms with Gasteiger partial charge < -0.3 is 9.47 Å². The summed E-state index contributed by atoms with van der Waals surface area (Å²) in [7, 11) is 0. The van der Waals surface area contributed by atoms with Gasteiger partial charge >= 0.3 is 5.97 Å². The molecule has 0 unspecified atom stereocenters. The molecule has 0 amide bonds. The van der Waals surface area contributed by atoms with Gasteiger partial charge in [0.15, 0.2) is 0 Å². The Kier molecular flexibility index (Phi) is 7.34. The summed E-state index contributed by atoms with van der Waals surface area (Å²) in [5.74, 6) is 0.952. The predicted octanol–water partition coefficient (Wildman–Crippen LogP) is 5.43. The van der Waals surface area contributed by atoms with Gasteiger partial charge in [0, 0.05) is 0 Å². The molecular formula is C21H26O3. The van der Waals surface area contributed by atoms with Crippen LogP contribution in [-0.2, 0) is 6.42 Å². The van der Waals surface area contributed by atoms with Gasteiger partial charge in [-0.1, -0.05) is 38.3 Å². The maximum atomic E-state index is 12.2. The number of hydrogen-bond donors (Lipinski definition) is 0. The number of esters is 1. The van der Waals surface area contributed by atoms with Crippen LogP contribution in [-0.4, -0.2) is 12.6 Å². The van der Waals surface area contributed by atoms with E-state index < -0.39 is 0 Å². The Morgan fingerprint density at radius 3 is 2.12 bits per heavy atom. The summed E-state index contributed by atoms with van der Waals surface area (Å²) in [6, 6.07) is 14.8. The second-order valence-corrected chi connectivity index (χ2v) is 5.80. The molecule has 0 spiro atoms. The van der Waals surface area contributed by atoms with E-state index in [1.807, 2.05) is 31.2 Å². The van der Waals surface area contributed by atoms with Gasteiger partial charge in [0.25, 0.3) is 0 Å². The van der Waals surface area contributed by atoms with Crippen LogP contribution >= 0.6 is 0 Å². The zero-order valence-electron chi connectivity index (χ0n) is 14.6. The number of benzene rings is 2. The zero-order chi connectivity index (χ0) is 17.2. The van der Waals surface area contributed by atoms with Crippen molar-refractivity contribution < 1.29 is 14.3 Å². The lowest BCUT2D eigenvalue weighted by Crippen LogP contribution is -2.08. The van der Waals surface area contributed by atoms with E-state index in [9.17, 15) is 4.79 Å². The highest BCUT2D eigenvalue weighted by Gasteiger charge is 2.08. The molecular weight excluding hydrogens is 300 g/mol. The summed E-state index contributed by atoms with van der Waals surface area (Å²) in [5, 5.41) is 0. The Morgan fingerprint density at radius 2 is 1.50 bits per heavy atom. The van der Waals surface area contributed by atoms with Gasteiger partial charge in [0.05, 0.1) is 12.2 Å². The number of ether oxygens (including phenoxy) is 2. The minimum absolute atomic E-state index is 0.336. The summed E-state index contributed by atoms with van der Waals surface area (Å²) in [6.45, 7) is 4.76. The lowest BCUT2D eigenvalue weighted by molar-refractivity contribution is 0.0734. The predicted molar refractivity (Wildman–Crippen MR) is 96.9 cm³/mol. The Bertz CT molecular complexity index is 615. The Balaban J connectivity index is 1.87. The van der Waals surface area contributed by atoms with Crippen LogP contribution in [0.2, 0.25) is 0 Å². The molecule has 2 aromatic rings. The summed E-state index contributed by atoms with van der Waals surface area (Å²) >= 11 is 0. The molecule has 0 bridgehead atoms. The molecule has 3 nitrogen and oxygen atoms in total. The minimum Gasteiger partial charge on any atom is -0.494 e. The third-order valence-electron chi connectivity index (χ3n) is 3.85. The largest absolute Gasteiger partial charge is 0.494 e. The van der Waals surface area contributed by atoms with Crippen molar-refractivity contribution >= 4 is 5.97 Å². The smallest absolute Gasteiger partial charge is 0.343 e. The molecule has 0 aliphatic heterocycles. The molecule has 0 saturated carbocycles. The summed E-state index contributed by atoms with van der Waals surface area (Å²) in [4.78, 5) is 12.2. The number of carbonyl (C=O) groups excluding carboxylic acids is 1. The van der Waals surface area contributed by atoms with E-state index in [2.05, 4.69) is 6.92 Å². The molecule has 0 saturated heterocycles. The van der Waals surface area contributed by atoms with Crippen molar-refractivity contribution in [3.63, 3.8) is 0 Å². The van der Waals surface area contributed by atoms with Gasteiger partial charge in [-0.15, -0.1) is 0 Å². The number of rotatable bonds is 9. The van der Waals surface area contributed by atoms with Crippen molar-refractivity contribution in [3.05, 3.63) is 59.7 Å². The van der Waals surface area contributed by atoms with Crippen LogP contribution in [0.3, 0.4) is 0 Å². The van der Waals surface area contributed by atoms with E-state index in [-0.39, 0.29) is 5.97 Å². The van der Waals surface area contributed by atoms with Crippen LogP contribution < -0.4 is 9.47 Å². The minimum atomic E-state index is -0.336. The first-order chi connectivity index (χ1) is 11.7. The average molecular weight is 326 g/mol. The Labute approximate surface area is 144 Å². The highest BCUT2D eigenvalue weighted by atomic mass is 16.5. The Hall–Kier alpha value is -2.29. The second-order valence-electron chi connectivity index (χ2n) is 5.80. The van der Waals surface area contributed by atoms with E-state index in [1.165, 1.54) is 31.2 Å². The standard InChI is InChI=1S/C21H26O3/c1-3-5-6-7-8-17-9-11-18(12-10-17)21(22)24-20-15-13-19(14-16-20)23-4-2/h9-16H,3-8H2,1-2H3. The molecule has 0 heterocycles. The second kappa shape index (κ2) is 9.76. The summed E-state index contributed by atoms with van der Waals surface area (Å²) < 4.78 is 10.8.